The lowest BCUT2D eigenvalue weighted by Gasteiger charge is -2.34. The van der Waals surface area contributed by atoms with Crippen molar-refractivity contribution in [3.8, 4) is 11.5 Å². The van der Waals surface area contributed by atoms with Crippen LogP contribution in [-0.2, 0) is 32.6 Å². The third kappa shape index (κ3) is 9.52. The van der Waals surface area contributed by atoms with E-state index < -0.39 is 28.5 Å². The number of sulfonamides is 1. The summed E-state index contributed by atoms with van der Waals surface area (Å²) >= 11 is 6.17. The van der Waals surface area contributed by atoms with E-state index in [9.17, 15) is 18.0 Å². The molecule has 0 saturated heterocycles. The van der Waals surface area contributed by atoms with Gasteiger partial charge in [0.05, 0.1) is 10.6 Å². The number of amides is 2. The molecule has 1 N–H and O–H groups in total. The van der Waals surface area contributed by atoms with Gasteiger partial charge in [-0.2, -0.15) is 0 Å². The maximum Gasteiger partial charge on any atom is 0.264 e. The molecular weight excluding hydrogens is 670 g/mol. The fourth-order valence-electron chi connectivity index (χ4n) is 5.38. The van der Waals surface area contributed by atoms with E-state index in [1.165, 1.54) is 17.0 Å². The number of hydrogen-bond donors (Lipinski definition) is 1. The lowest BCUT2D eigenvalue weighted by Crippen LogP contribution is -2.53. The van der Waals surface area contributed by atoms with Crippen molar-refractivity contribution in [2.75, 3.05) is 17.4 Å². The quantitative estimate of drug-likeness (QED) is 0.120. The van der Waals surface area contributed by atoms with E-state index in [0.29, 0.717) is 29.5 Å². The lowest BCUT2D eigenvalue weighted by molar-refractivity contribution is -0.140. The molecule has 0 aliphatic rings. The molecule has 10 heteroatoms. The first-order valence-corrected chi connectivity index (χ1v) is 18.2. The molecule has 0 spiro atoms. The minimum atomic E-state index is -4.24. The number of nitrogens with zero attached hydrogens (tertiary/aromatic N) is 2. The van der Waals surface area contributed by atoms with Gasteiger partial charge in [0.2, 0.25) is 11.8 Å². The van der Waals surface area contributed by atoms with Crippen LogP contribution >= 0.6 is 11.6 Å². The lowest BCUT2D eigenvalue weighted by atomic mass is 10.0. The highest BCUT2D eigenvalue weighted by Gasteiger charge is 2.34. The second-order valence-corrected chi connectivity index (χ2v) is 14.2. The fourth-order valence-corrected chi connectivity index (χ4v) is 6.92. The number of halogens is 1. The van der Waals surface area contributed by atoms with Crippen molar-refractivity contribution in [2.45, 2.75) is 44.2 Å². The fraction of sp³-hybridized carbons (Fsp3) is 0.200. The minimum absolute atomic E-state index is 0.0336. The number of nitrogens with one attached hydrogen (secondary N) is 1. The molecule has 258 valence electrons. The molecule has 0 bridgehead atoms. The van der Waals surface area contributed by atoms with Crippen LogP contribution in [0.25, 0.3) is 0 Å². The molecule has 5 rings (SSSR count). The van der Waals surface area contributed by atoms with Crippen LogP contribution in [0.4, 0.5) is 5.69 Å². The number of benzene rings is 5. The zero-order valence-corrected chi connectivity index (χ0v) is 29.6. The normalized spacial score (nSPS) is 11.7. The van der Waals surface area contributed by atoms with E-state index in [4.69, 9.17) is 16.3 Å². The molecule has 8 nitrogen and oxygen atoms in total. The molecule has 0 heterocycles. The second kappa shape index (κ2) is 17.0. The maximum atomic E-state index is 14.6. The summed E-state index contributed by atoms with van der Waals surface area (Å²) in [5.74, 6) is 0.253. The first-order chi connectivity index (χ1) is 24.1. The third-order valence-corrected chi connectivity index (χ3v) is 10.1. The Labute approximate surface area is 299 Å². The third-order valence-electron chi connectivity index (χ3n) is 8.08. The summed E-state index contributed by atoms with van der Waals surface area (Å²) in [6, 6.07) is 37.8. The molecule has 0 aliphatic carbocycles. The van der Waals surface area contributed by atoms with Gasteiger partial charge in [-0.05, 0) is 85.1 Å². The molecule has 5 aromatic rings. The van der Waals surface area contributed by atoms with Crippen molar-refractivity contribution in [3.05, 3.63) is 155 Å². The predicted octanol–water partition coefficient (Wildman–Crippen LogP) is 7.80. The predicted molar refractivity (Wildman–Crippen MR) is 198 cm³/mol. The molecule has 0 fully saturated rings. The summed E-state index contributed by atoms with van der Waals surface area (Å²) in [6.07, 6.45) is 0.938. The topological polar surface area (TPSA) is 96.0 Å². The molecule has 0 aliphatic heterocycles. The van der Waals surface area contributed by atoms with Crippen molar-refractivity contribution in [2.24, 2.45) is 0 Å². The molecule has 50 heavy (non-hydrogen) atoms. The van der Waals surface area contributed by atoms with Gasteiger partial charge < -0.3 is 15.0 Å². The van der Waals surface area contributed by atoms with Crippen LogP contribution < -0.4 is 14.4 Å². The zero-order valence-electron chi connectivity index (χ0n) is 28.0. The Kier molecular flexibility index (Phi) is 12.3. The van der Waals surface area contributed by atoms with Gasteiger partial charge in [0.1, 0.15) is 24.1 Å². The maximum absolute atomic E-state index is 14.6. The van der Waals surface area contributed by atoms with Crippen LogP contribution in [0.1, 0.15) is 30.0 Å². The molecule has 2 amide bonds. The Morgan fingerprint density at radius 3 is 1.98 bits per heavy atom. The minimum Gasteiger partial charge on any atom is -0.457 e. The number of rotatable bonds is 15. The number of carbonyl (C=O) groups is 2. The van der Waals surface area contributed by atoms with Crippen LogP contribution in [0.15, 0.2) is 138 Å². The van der Waals surface area contributed by atoms with E-state index in [2.05, 4.69) is 5.32 Å². The van der Waals surface area contributed by atoms with Gasteiger partial charge in [0.25, 0.3) is 10.0 Å². The SMILES string of the molecule is CCCNC(=O)C(Cc1ccccc1)N(Cc1ccc(Cl)cc1)C(=O)CN(c1ccc(Oc2ccccc2)cc1)S(=O)(=O)c1ccc(C)cc1. The van der Waals surface area contributed by atoms with Gasteiger partial charge in [0.15, 0.2) is 0 Å². The van der Waals surface area contributed by atoms with Gasteiger partial charge >= 0.3 is 0 Å². The standard InChI is InChI=1S/C40H40ClN3O5S/c1-3-26-42-40(46)38(27-31-10-6-4-7-11-31)43(28-32-16-18-33(41)19-17-32)39(45)29-44(50(47,48)37-24-14-30(2)15-25-37)34-20-22-36(23-21-34)49-35-12-8-5-9-13-35/h4-25,38H,3,26-29H2,1-2H3,(H,42,46). The highest BCUT2D eigenvalue weighted by atomic mass is 35.5. The molecule has 1 atom stereocenters. The van der Waals surface area contributed by atoms with E-state index in [0.717, 1.165) is 21.0 Å². The summed E-state index contributed by atoms with van der Waals surface area (Å²) in [5, 5.41) is 3.49. The van der Waals surface area contributed by atoms with Crippen molar-refractivity contribution in [1.29, 1.82) is 0 Å². The van der Waals surface area contributed by atoms with Crippen LogP contribution in [0, 0.1) is 6.92 Å². The van der Waals surface area contributed by atoms with Crippen molar-refractivity contribution < 1.29 is 22.7 Å². The molecule has 0 saturated carbocycles. The Morgan fingerprint density at radius 1 is 0.760 bits per heavy atom. The summed E-state index contributed by atoms with van der Waals surface area (Å²) in [7, 11) is -4.24. The highest BCUT2D eigenvalue weighted by Crippen LogP contribution is 2.29. The van der Waals surface area contributed by atoms with Gasteiger partial charge in [-0.15, -0.1) is 0 Å². The van der Waals surface area contributed by atoms with E-state index in [-0.39, 0.29) is 29.5 Å². The van der Waals surface area contributed by atoms with Crippen LogP contribution in [0.2, 0.25) is 5.02 Å². The first-order valence-electron chi connectivity index (χ1n) is 16.4. The zero-order chi connectivity index (χ0) is 35.5. The van der Waals surface area contributed by atoms with Gasteiger partial charge in [-0.1, -0.05) is 96.9 Å². The first kappa shape index (κ1) is 36.2. The smallest absolute Gasteiger partial charge is 0.264 e. The van der Waals surface area contributed by atoms with Gasteiger partial charge in [-0.3, -0.25) is 13.9 Å². The largest absolute Gasteiger partial charge is 0.457 e. The Bertz CT molecular complexity index is 1960. The van der Waals surface area contributed by atoms with E-state index in [1.54, 1.807) is 60.7 Å². The number of para-hydroxylation sites is 1. The highest BCUT2D eigenvalue weighted by molar-refractivity contribution is 7.92. The van der Waals surface area contributed by atoms with Crippen molar-refractivity contribution >= 4 is 39.1 Å². The number of hydrogen-bond acceptors (Lipinski definition) is 5. The molecule has 1 unspecified atom stereocenters. The average Bonchev–Trinajstić information content (AvgIpc) is 3.13. The Balaban J connectivity index is 1.55. The van der Waals surface area contributed by atoms with Crippen LogP contribution in [0.5, 0.6) is 11.5 Å². The van der Waals surface area contributed by atoms with E-state index in [1.807, 2.05) is 74.5 Å². The summed E-state index contributed by atoms with van der Waals surface area (Å²) < 4.78 is 35.7. The molecular formula is C40H40ClN3O5S. The Hall–Kier alpha value is -5.12. The summed E-state index contributed by atoms with van der Waals surface area (Å²) in [6.45, 7) is 3.74. The van der Waals surface area contributed by atoms with Crippen LogP contribution in [-0.4, -0.2) is 44.3 Å². The number of ether oxygens (including phenoxy) is 1. The molecule has 0 radical (unpaired) electrons. The number of aryl methyl sites for hydroxylation is 1. The summed E-state index contributed by atoms with van der Waals surface area (Å²) in [4.78, 5) is 30.0. The molecule has 5 aromatic carbocycles. The van der Waals surface area contributed by atoms with Crippen molar-refractivity contribution in [3.63, 3.8) is 0 Å². The van der Waals surface area contributed by atoms with Crippen LogP contribution in [0.3, 0.4) is 0 Å². The number of anilines is 1. The van der Waals surface area contributed by atoms with Gasteiger partial charge in [0, 0.05) is 24.5 Å². The number of carbonyl (C=O) groups excluding carboxylic acids is 2. The van der Waals surface area contributed by atoms with E-state index >= 15 is 0 Å². The van der Waals surface area contributed by atoms with Gasteiger partial charge in [-0.25, -0.2) is 8.42 Å². The monoisotopic (exact) mass is 709 g/mol. The molecule has 0 aromatic heterocycles. The Morgan fingerprint density at radius 2 is 1.36 bits per heavy atom. The van der Waals surface area contributed by atoms with Crippen molar-refractivity contribution in [1.82, 2.24) is 10.2 Å². The summed E-state index contributed by atoms with van der Waals surface area (Å²) in [5.41, 5.74) is 2.75. The second-order valence-electron chi connectivity index (χ2n) is 11.9. The average molecular weight is 710 g/mol.